The van der Waals surface area contributed by atoms with Crippen LogP contribution in [0.2, 0.25) is 0 Å². The molecule has 4 fully saturated rings. The summed E-state index contributed by atoms with van der Waals surface area (Å²) in [5.41, 5.74) is 11.5. The van der Waals surface area contributed by atoms with Crippen molar-refractivity contribution in [3.63, 3.8) is 0 Å². The van der Waals surface area contributed by atoms with E-state index in [9.17, 15) is 0 Å². The zero-order chi connectivity index (χ0) is 24.8. The topological polar surface area (TPSA) is 17.3 Å². The fraction of sp³-hybridized carbons (Fsp3) is 0.111. The van der Waals surface area contributed by atoms with Gasteiger partial charge in [0.25, 0.3) is 0 Å². The second-order valence-corrected chi connectivity index (χ2v) is 19.8. The molecule has 0 bridgehead atoms. The second kappa shape index (κ2) is 5.89. The quantitative estimate of drug-likeness (QED) is 0.253. The van der Waals surface area contributed by atoms with Gasteiger partial charge in [-0.3, -0.25) is 0 Å². The zero-order valence-electron chi connectivity index (χ0n) is 21.3. The van der Waals surface area contributed by atoms with Crippen molar-refractivity contribution in [1.82, 2.24) is 4.57 Å². The zero-order valence-corrected chi connectivity index (χ0v) is 23.1. The number of rotatable bonds is 2. The van der Waals surface area contributed by atoms with Crippen LogP contribution in [0.15, 0.2) is 83.4 Å². The van der Waals surface area contributed by atoms with Crippen LogP contribution in [0.25, 0.3) is 27.5 Å². The Morgan fingerprint density at radius 1 is 0.895 bits per heavy atom. The van der Waals surface area contributed by atoms with E-state index in [1.165, 1.54) is 55.0 Å². The van der Waals surface area contributed by atoms with Crippen LogP contribution in [0.1, 0.15) is 25.0 Å². The monoisotopic (exact) mass is 510 g/mol. The third-order valence-corrected chi connectivity index (χ3v) is 19.2. The van der Waals surface area contributed by atoms with Crippen LogP contribution in [-0.2, 0) is 5.41 Å². The van der Waals surface area contributed by atoms with Crippen LogP contribution < -0.4 is 21.7 Å². The van der Waals surface area contributed by atoms with Gasteiger partial charge >= 0.3 is 228 Å². The van der Waals surface area contributed by atoms with Gasteiger partial charge in [-0.1, -0.05) is 0 Å². The fourth-order valence-corrected chi connectivity index (χ4v) is 17.8. The summed E-state index contributed by atoms with van der Waals surface area (Å²) in [6, 6.07) is 30.5. The average Bonchev–Trinajstić information content (AvgIpc) is 3.84. The first-order valence-electron chi connectivity index (χ1n) is 13.9. The van der Waals surface area contributed by atoms with E-state index in [-0.39, 0.29) is 19.6 Å². The molecular weight excluding hydrogens is 490 g/mol. The summed E-state index contributed by atoms with van der Waals surface area (Å²) < 4.78 is 8.38. The predicted octanol–water partition coefficient (Wildman–Crippen LogP) is 3.05. The molecule has 0 spiro atoms. The van der Waals surface area contributed by atoms with Gasteiger partial charge in [0.05, 0.1) is 0 Å². The molecule has 0 saturated carbocycles. The van der Waals surface area contributed by atoms with Gasteiger partial charge in [0, 0.05) is 0 Å². The molecule has 38 heavy (non-hydrogen) atoms. The van der Waals surface area contributed by atoms with Gasteiger partial charge in [0.2, 0.25) is 0 Å². The van der Waals surface area contributed by atoms with Gasteiger partial charge in [-0.05, 0) is 0 Å². The molecule has 5 aromatic rings. The number of fused-ring (bicyclic) bond motifs is 9. The predicted molar refractivity (Wildman–Crippen MR) is 174 cm³/mol. The summed E-state index contributed by atoms with van der Waals surface area (Å²) in [6.07, 6.45) is 0.0935. The molecule has 0 N–H and O–H groups in total. The SMILES string of the molecule is CC1(C)c2ccccc2B2c3c(cccc31)-n1c3cccc(P45(N=[P+]6B7[B-]B76)[B]B4[B-]5)c3c3cccc2c31. The van der Waals surface area contributed by atoms with Crippen molar-refractivity contribution < 1.29 is 0 Å². The van der Waals surface area contributed by atoms with Gasteiger partial charge in [-0.2, -0.15) is 0 Å². The molecule has 5 radical (unpaired) electrons. The number of para-hydroxylation sites is 1. The summed E-state index contributed by atoms with van der Waals surface area (Å²) in [4.78, 5) is 0. The Hall–Kier alpha value is -2.34. The van der Waals surface area contributed by atoms with Crippen molar-refractivity contribution in [2.75, 3.05) is 0 Å². The summed E-state index contributed by atoms with van der Waals surface area (Å²) in [5.74, 6) is 0. The molecule has 1 aromatic heterocycles. The maximum atomic E-state index is 5.76. The molecule has 4 aromatic carbocycles. The second-order valence-electron chi connectivity index (χ2n) is 12.8. The van der Waals surface area contributed by atoms with Crippen molar-refractivity contribution in [3.8, 4) is 5.69 Å². The maximum absolute atomic E-state index is 5.76. The summed E-state index contributed by atoms with van der Waals surface area (Å²) in [5, 5.41) is 4.44. The molecule has 4 saturated heterocycles. The first-order chi connectivity index (χ1) is 18.5. The minimum absolute atomic E-state index is 0.0319. The standard InChI is InChI=1S/C27H19B7N2P2/c1-27(2)17-9-3-4-11-19(17)31-20-12-5-8-16-24-21(36(26(16)20)22-14-6-10-18(27)25(22)31)13-7-15-23(24)38(29-32(38)30-38)35-37-33-28-34(33)37/h3-15H,1-2H3/q-1. The summed E-state index contributed by atoms with van der Waals surface area (Å²) in [6.45, 7) is 10.4. The van der Waals surface area contributed by atoms with Crippen LogP contribution in [0.4, 0.5) is 0 Å². The van der Waals surface area contributed by atoms with E-state index >= 15 is 0 Å². The molecule has 6 aliphatic heterocycles. The Morgan fingerprint density at radius 2 is 1.63 bits per heavy atom. The molecule has 0 amide bonds. The molecule has 2 nitrogen and oxygen atoms in total. The van der Waals surface area contributed by atoms with E-state index in [0.717, 1.165) is 12.4 Å². The van der Waals surface area contributed by atoms with Crippen molar-refractivity contribution in [2.45, 2.75) is 19.3 Å². The first-order valence-corrected chi connectivity index (χ1v) is 17.8. The van der Waals surface area contributed by atoms with E-state index in [0.29, 0.717) is 6.21 Å². The Bertz CT molecular complexity index is 2050. The van der Waals surface area contributed by atoms with Crippen LogP contribution in [0.3, 0.4) is 0 Å². The van der Waals surface area contributed by atoms with E-state index in [2.05, 4.69) is 118 Å². The van der Waals surface area contributed by atoms with Gasteiger partial charge < -0.3 is 0 Å². The van der Waals surface area contributed by atoms with Crippen molar-refractivity contribution in [1.29, 1.82) is 0 Å². The van der Waals surface area contributed by atoms with Gasteiger partial charge in [0.1, 0.15) is 0 Å². The average molecular weight is 509 g/mol. The van der Waals surface area contributed by atoms with Crippen LogP contribution >= 0.6 is 13.9 Å². The number of nitrogens with zero attached hydrogens (tertiary/aromatic N) is 2. The van der Waals surface area contributed by atoms with Crippen molar-refractivity contribution in [2.24, 2.45) is 4.52 Å². The number of aromatic nitrogens is 1. The summed E-state index contributed by atoms with van der Waals surface area (Å²) in [7, 11) is 2.41. The normalized spacial score (nSPS) is 23.0. The molecule has 11 rings (SSSR count). The third-order valence-electron chi connectivity index (χ3n) is 10.7. The van der Waals surface area contributed by atoms with Gasteiger partial charge in [0.15, 0.2) is 0 Å². The Morgan fingerprint density at radius 3 is 2.42 bits per heavy atom. The Kier molecular flexibility index (Phi) is 3.19. The molecule has 0 unspecified atom stereocenters. The minimum atomic E-state index is -2.28. The Balaban J connectivity index is 1.30. The van der Waals surface area contributed by atoms with Crippen LogP contribution in [0.5, 0.6) is 0 Å². The van der Waals surface area contributed by atoms with Crippen LogP contribution in [0, 0.1) is 0 Å². The molecule has 0 aliphatic carbocycles. The molecule has 11 heteroatoms. The van der Waals surface area contributed by atoms with Crippen LogP contribution in [-0.4, -0.2) is 50.8 Å². The number of hydrogen-bond acceptors (Lipinski definition) is 1. The van der Waals surface area contributed by atoms with Crippen molar-refractivity contribution >= 4 is 104 Å². The third kappa shape index (κ3) is 2.04. The van der Waals surface area contributed by atoms with E-state index in [4.69, 9.17) is 4.52 Å². The molecule has 0 atom stereocenters. The van der Waals surface area contributed by atoms with E-state index in [1.54, 1.807) is 5.30 Å². The molecule has 7 heterocycles. The Labute approximate surface area is 226 Å². The van der Waals surface area contributed by atoms with E-state index < -0.39 is 6.39 Å². The molecular formula is C27H19B7N2P2-. The van der Waals surface area contributed by atoms with E-state index in [1.807, 2.05) is 0 Å². The fourth-order valence-electron chi connectivity index (χ4n) is 8.41. The number of hydrogen-bond donors (Lipinski definition) is 0. The number of benzene rings is 4. The molecule has 6 aliphatic rings. The van der Waals surface area contributed by atoms with Gasteiger partial charge in [-0.25, -0.2) is 0 Å². The summed E-state index contributed by atoms with van der Waals surface area (Å²) >= 11 is 0. The molecule has 169 valence electrons. The first kappa shape index (κ1) is 20.6. The van der Waals surface area contributed by atoms with Crippen molar-refractivity contribution in [3.05, 3.63) is 90.0 Å². The van der Waals surface area contributed by atoms with Gasteiger partial charge in [-0.15, -0.1) is 0 Å².